The summed E-state index contributed by atoms with van der Waals surface area (Å²) in [5.74, 6) is -0.0900. The van der Waals surface area contributed by atoms with Crippen LogP contribution >= 0.6 is 15.9 Å². The summed E-state index contributed by atoms with van der Waals surface area (Å²) >= 11 is 3.49. The number of benzene rings is 1. The van der Waals surface area contributed by atoms with Crippen molar-refractivity contribution in [3.8, 4) is 5.69 Å². The number of aromatic nitrogens is 2. The lowest BCUT2D eigenvalue weighted by atomic mass is 10.2. The third kappa shape index (κ3) is 3.93. The van der Waals surface area contributed by atoms with Gasteiger partial charge in [-0.3, -0.25) is 4.79 Å². The molecule has 2 unspecified atom stereocenters. The summed E-state index contributed by atoms with van der Waals surface area (Å²) in [7, 11) is 0. The molecule has 2 atom stereocenters. The van der Waals surface area contributed by atoms with Crippen LogP contribution in [0.25, 0.3) is 5.69 Å². The Morgan fingerprint density at radius 2 is 2.05 bits per heavy atom. The first-order valence-corrected chi connectivity index (χ1v) is 7.53. The predicted octanol–water partition coefficient (Wildman–Crippen LogP) is 3.16. The largest absolute Gasteiger partial charge is 0.349 e. The highest BCUT2D eigenvalue weighted by Crippen LogP contribution is 2.10. The van der Waals surface area contributed by atoms with E-state index in [4.69, 9.17) is 0 Å². The second-order valence-corrected chi connectivity index (χ2v) is 6.46. The minimum Gasteiger partial charge on any atom is -0.349 e. The number of carbonyl (C=O) groups is 1. The fourth-order valence-corrected chi connectivity index (χ4v) is 2.58. The zero-order chi connectivity index (χ0) is 14.5. The highest BCUT2D eigenvalue weighted by Gasteiger charge is 2.13. The summed E-state index contributed by atoms with van der Waals surface area (Å²) in [5.41, 5.74) is 1.51. The molecule has 1 amide bonds. The van der Waals surface area contributed by atoms with Crippen LogP contribution in [0, 0.1) is 0 Å². The van der Waals surface area contributed by atoms with Gasteiger partial charge in [0.25, 0.3) is 5.91 Å². The van der Waals surface area contributed by atoms with Crippen molar-refractivity contribution in [1.82, 2.24) is 15.1 Å². The number of rotatable bonds is 5. The van der Waals surface area contributed by atoms with Crippen molar-refractivity contribution in [3.63, 3.8) is 0 Å². The topological polar surface area (TPSA) is 46.9 Å². The number of para-hydroxylation sites is 1. The second kappa shape index (κ2) is 6.70. The van der Waals surface area contributed by atoms with E-state index in [9.17, 15) is 4.79 Å². The summed E-state index contributed by atoms with van der Waals surface area (Å²) < 4.78 is 1.70. The molecule has 0 fully saturated rings. The van der Waals surface area contributed by atoms with E-state index in [0.717, 1.165) is 12.1 Å². The van der Waals surface area contributed by atoms with E-state index >= 15 is 0 Å². The summed E-state index contributed by atoms with van der Waals surface area (Å²) in [6, 6.07) is 9.85. The Bertz CT molecular complexity index is 566. The molecule has 0 aliphatic heterocycles. The lowest BCUT2D eigenvalue weighted by Gasteiger charge is -2.14. The van der Waals surface area contributed by atoms with Crippen LogP contribution in [0.3, 0.4) is 0 Å². The zero-order valence-corrected chi connectivity index (χ0v) is 13.2. The van der Waals surface area contributed by atoms with Crippen molar-refractivity contribution >= 4 is 21.8 Å². The van der Waals surface area contributed by atoms with Gasteiger partial charge in [0.05, 0.1) is 17.4 Å². The predicted molar refractivity (Wildman–Crippen MR) is 83.5 cm³/mol. The molecule has 2 rings (SSSR count). The Balaban J connectivity index is 2.04. The molecule has 0 aliphatic rings. The molecule has 106 valence electrons. The van der Waals surface area contributed by atoms with Gasteiger partial charge in [-0.2, -0.15) is 5.10 Å². The van der Waals surface area contributed by atoms with E-state index in [0.29, 0.717) is 10.4 Å². The fourth-order valence-electron chi connectivity index (χ4n) is 2.02. The van der Waals surface area contributed by atoms with Gasteiger partial charge in [0.1, 0.15) is 0 Å². The molecule has 0 spiro atoms. The number of alkyl halides is 1. The lowest BCUT2D eigenvalue weighted by Crippen LogP contribution is -2.33. The van der Waals surface area contributed by atoms with Crippen molar-refractivity contribution in [3.05, 3.63) is 48.3 Å². The average Bonchev–Trinajstić information content (AvgIpc) is 2.88. The van der Waals surface area contributed by atoms with Crippen LogP contribution < -0.4 is 5.32 Å². The molecule has 0 radical (unpaired) electrons. The number of halogens is 1. The highest BCUT2D eigenvalue weighted by molar-refractivity contribution is 9.09. The smallest absolute Gasteiger partial charge is 0.254 e. The lowest BCUT2D eigenvalue weighted by molar-refractivity contribution is 0.0938. The van der Waals surface area contributed by atoms with Crippen molar-refractivity contribution in [2.75, 3.05) is 0 Å². The van der Waals surface area contributed by atoms with Crippen molar-refractivity contribution < 1.29 is 4.79 Å². The quantitative estimate of drug-likeness (QED) is 0.853. The van der Waals surface area contributed by atoms with Crippen molar-refractivity contribution in [2.24, 2.45) is 0 Å². The number of nitrogens with zero attached hydrogens (tertiary/aromatic N) is 2. The van der Waals surface area contributed by atoms with Gasteiger partial charge in [0.15, 0.2) is 0 Å². The first-order valence-electron chi connectivity index (χ1n) is 6.61. The molecule has 1 aromatic heterocycles. The van der Waals surface area contributed by atoms with Gasteiger partial charge >= 0.3 is 0 Å². The van der Waals surface area contributed by atoms with E-state index in [1.165, 1.54) is 0 Å². The minimum atomic E-state index is -0.0900. The normalized spacial score (nSPS) is 13.8. The summed E-state index contributed by atoms with van der Waals surface area (Å²) in [5, 5.41) is 7.19. The number of amides is 1. The number of carbonyl (C=O) groups excluding carboxylic acids is 1. The Morgan fingerprint density at radius 1 is 1.35 bits per heavy atom. The standard InChI is InChI=1S/C15H18BrN3O/c1-11(16)8-12(2)18-15(20)13-9-17-19(10-13)14-6-4-3-5-7-14/h3-7,9-12H,8H2,1-2H3,(H,18,20). The first kappa shape index (κ1) is 14.8. The molecule has 1 aromatic carbocycles. The third-order valence-corrected chi connectivity index (χ3v) is 3.30. The Labute approximate surface area is 127 Å². The van der Waals surface area contributed by atoms with Gasteiger partial charge in [-0.15, -0.1) is 0 Å². The van der Waals surface area contributed by atoms with Crippen LogP contribution in [0.15, 0.2) is 42.7 Å². The molecule has 2 aromatic rings. The van der Waals surface area contributed by atoms with Gasteiger partial charge in [0.2, 0.25) is 0 Å². The van der Waals surface area contributed by atoms with E-state index in [2.05, 4.69) is 33.3 Å². The fraction of sp³-hybridized carbons (Fsp3) is 0.333. The maximum absolute atomic E-state index is 12.1. The highest BCUT2D eigenvalue weighted by atomic mass is 79.9. The van der Waals surface area contributed by atoms with Gasteiger partial charge in [0, 0.05) is 17.1 Å². The second-order valence-electron chi connectivity index (χ2n) is 4.90. The van der Waals surface area contributed by atoms with E-state index in [1.54, 1.807) is 17.1 Å². The van der Waals surface area contributed by atoms with Crippen molar-refractivity contribution in [2.45, 2.75) is 31.1 Å². The van der Waals surface area contributed by atoms with E-state index in [1.807, 2.05) is 37.3 Å². The van der Waals surface area contributed by atoms with Crippen LogP contribution in [0.2, 0.25) is 0 Å². The number of hydrogen-bond donors (Lipinski definition) is 1. The maximum atomic E-state index is 12.1. The zero-order valence-electron chi connectivity index (χ0n) is 11.6. The molecular formula is C15H18BrN3O. The van der Waals surface area contributed by atoms with Crippen molar-refractivity contribution in [1.29, 1.82) is 0 Å². The van der Waals surface area contributed by atoms with Gasteiger partial charge in [-0.05, 0) is 25.5 Å². The molecule has 20 heavy (non-hydrogen) atoms. The van der Waals surface area contributed by atoms with Crippen LogP contribution in [-0.2, 0) is 0 Å². The first-order chi connectivity index (χ1) is 9.56. The molecule has 0 aliphatic carbocycles. The van der Waals surface area contributed by atoms with Crippen LogP contribution in [0.5, 0.6) is 0 Å². The molecule has 1 N–H and O–H groups in total. The molecule has 0 bridgehead atoms. The monoisotopic (exact) mass is 335 g/mol. The summed E-state index contributed by atoms with van der Waals surface area (Å²) in [4.78, 5) is 12.5. The molecule has 5 heteroatoms. The van der Waals surface area contributed by atoms with Gasteiger partial charge in [-0.25, -0.2) is 4.68 Å². The average molecular weight is 336 g/mol. The maximum Gasteiger partial charge on any atom is 0.254 e. The van der Waals surface area contributed by atoms with Crippen LogP contribution in [0.1, 0.15) is 30.6 Å². The van der Waals surface area contributed by atoms with Gasteiger partial charge in [-0.1, -0.05) is 41.1 Å². The molecular weight excluding hydrogens is 318 g/mol. The van der Waals surface area contributed by atoms with E-state index < -0.39 is 0 Å². The molecule has 0 saturated carbocycles. The SMILES string of the molecule is CC(Br)CC(C)NC(=O)c1cnn(-c2ccccc2)c1. The third-order valence-electron chi connectivity index (χ3n) is 2.92. The Hall–Kier alpha value is -1.62. The summed E-state index contributed by atoms with van der Waals surface area (Å²) in [6.45, 7) is 4.06. The number of nitrogens with one attached hydrogen (secondary N) is 1. The Kier molecular flexibility index (Phi) is 4.95. The van der Waals surface area contributed by atoms with E-state index in [-0.39, 0.29) is 11.9 Å². The summed E-state index contributed by atoms with van der Waals surface area (Å²) in [6.07, 6.45) is 4.22. The molecule has 1 heterocycles. The van der Waals surface area contributed by atoms with Crippen LogP contribution in [-0.4, -0.2) is 26.6 Å². The Morgan fingerprint density at radius 3 is 2.70 bits per heavy atom. The van der Waals surface area contributed by atoms with Gasteiger partial charge < -0.3 is 5.32 Å². The molecule has 0 saturated heterocycles. The number of hydrogen-bond acceptors (Lipinski definition) is 2. The minimum absolute atomic E-state index is 0.0900. The van der Waals surface area contributed by atoms with Crippen LogP contribution in [0.4, 0.5) is 0 Å². The molecule has 4 nitrogen and oxygen atoms in total.